The van der Waals surface area contributed by atoms with Gasteiger partial charge in [-0.2, -0.15) is 0 Å². The number of anilines is 2. The smallest absolute Gasteiger partial charge is 0.226 e. The van der Waals surface area contributed by atoms with E-state index in [2.05, 4.69) is 16.0 Å². The van der Waals surface area contributed by atoms with E-state index in [1.165, 1.54) is 0 Å². The fourth-order valence-electron chi connectivity index (χ4n) is 1.30. The summed E-state index contributed by atoms with van der Waals surface area (Å²) in [6.07, 6.45) is 0.377. The number of amides is 2. The molecule has 0 saturated carbocycles. The Hall–Kier alpha value is -1.95. The monoisotopic (exact) mass is 293 g/mol. The summed E-state index contributed by atoms with van der Waals surface area (Å²) in [6, 6.07) is 7.10. The lowest BCUT2D eigenvalue weighted by Gasteiger charge is -2.11. The zero-order chi connectivity index (χ0) is 15.1. The summed E-state index contributed by atoms with van der Waals surface area (Å²) < 4.78 is 0. The maximum atomic E-state index is 11.5. The number of hydrogen-bond donors (Lipinski definition) is 3. The molecule has 6 heteroatoms. The van der Waals surface area contributed by atoms with Gasteiger partial charge in [0, 0.05) is 23.7 Å². The van der Waals surface area contributed by atoms with Gasteiger partial charge < -0.3 is 16.0 Å². The van der Waals surface area contributed by atoms with Crippen LogP contribution in [0, 0.1) is 5.92 Å². The maximum absolute atomic E-state index is 11.5. The number of carbonyl (C=O) groups is 2. The van der Waals surface area contributed by atoms with Crippen LogP contribution in [0.25, 0.3) is 0 Å². The number of hydrogen-bond acceptors (Lipinski definition) is 3. The third-order valence-electron chi connectivity index (χ3n) is 2.51. The molecule has 1 aromatic carbocycles. The van der Waals surface area contributed by atoms with Crippen molar-refractivity contribution in [3.63, 3.8) is 0 Å². The van der Waals surface area contributed by atoms with Crippen LogP contribution in [-0.2, 0) is 9.59 Å². The van der Waals surface area contributed by atoms with E-state index in [0.717, 1.165) is 11.4 Å². The second kappa shape index (κ2) is 7.59. The van der Waals surface area contributed by atoms with Crippen LogP contribution >= 0.6 is 12.2 Å². The molecule has 0 heterocycles. The molecule has 0 unspecified atom stereocenters. The van der Waals surface area contributed by atoms with Crippen molar-refractivity contribution in [2.24, 2.45) is 5.92 Å². The lowest BCUT2D eigenvalue weighted by atomic mass is 10.2. The summed E-state index contributed by atoms with van der Waals surface area (Å²) >= 11 is 5.00. The predicted molar refractivity (Wildman–Crippen MR) is 84.6 cm³/mol. The Morgan fingerprint density at radius 1 is 1.10 bits per heavy atom. The largest absolute Gasteiger partial charge is 0.332 e. The lowest BCUT2D eigenvalue weighted by Crippen LogP contribution is -2.33. The van der Waals surface area contributed by atoms with Crippen LogP contribution in [0.15, 0.2) is 24.3 Å². The van der Waals surface area contributed by atoms with Gasteiger partial charge >= 0.3 is 0 Å². The summed E-state index contributed by atoms with van der Waals surface area (Å²) in [4.78, 5) is 22.7. The molecular formula is C14H19N3O2S. The van der Waals surface area contributed by atoms with E-state index in [1.54, 1.807) is 31.2 Å². The van der Waals surface area contributed by atoms with Crippen LogP contribution in [0.5, 0.6) is 0 Å². The molecule has 3 N–H and O–H groups in total. The third-order valence-corrected chi connectivity index (χ3v) is 2.71. The normalized spacial score (nSPS) is 10.0. The molecule has 0 bridgehead atoms. The quantitative estimate of drug-likeness (QED) is 0.746. The molecule has 0 radical (unpaired) electrons. The van der Waals surface area contributed by atoms with Gasteiger partial charge in [0.2, 0.25) is 11.8 Å². The average Bonchev–Trinajstić information content (AvgIpc) is 2.40. The van der Waals surface area contributed by atoms with Crippen molar-refractivity contribution in [3.05, 3.63) is 24.3 Å². The summed E-state index contributed by atoms with van der Waals surface area (Å²) in [5.41, 5.74) is 1.46. The summed E-state index contributed by atoms with van der Waals surface area (Å²) in [5, 5.41) is 8.50. The third kappa shape index (κ3) is 5.36. The summed E-state index contributed by atoms with van der Waals surface area (Å²) in [5.74, 6) is -0.232. The highest BCUT2D eigenvalue weighted by atomic mass is 32.1. The molecule has 0 aliphatic heterocycles. The molecule has 5 nitrogen and oxygen atoms in total. The molecule has 0 aliphatic rings. The van der Waals surface area contributed by atoms with Crippen LogP contribution in [0.2, 0.25) is 0 Å². The number of thiocarbonyl (C=S) groups is 1. The van der Waals surface area contributed by atoms with Gasteiger partial charge in [-0.25, -0.2) is 0 Å². The Kier molecular flexibility index (Phi) is 6.11. The number of rotatable bonds is 4. The predicted octanol–water partition coefficient (Wildman–Crippen LogP) is 2.50. The van der Waals surface area contributed by atoms with Crippen LogP contribution in [-0.4, -0.2) is 16.9 Å². The van der Waals surface area contributed by atoms with E-state index in [-0.39, 0.29) is 22.8 Å². The first-order valence-electron chi connectivity index (χ1n) is 6.44. The molecule has 0 spiro atoms. The fraction of sp³-hybridized carbons (Fsp3) is 0.357. The van der Waals surface area contributed by atoms with E-state index < -0.39 is 0 Å². The molecule has 20 heavy (non-hydrogen) atoms. The van der Waals surface area contributed by atoms with Crippen LogP contribution in [0.4, 0.5) is 11.4 Å². The number of nitrogens with one attached hydrogen (secondary N) is 3. The van der Waals surface area contributed by atoms with Gasteiger partial charge in [0.1, 0.15) is 0 Å². The standard InChI is InChI=1S/C14H19N3O2S/c1-4-12(18)17-14(20)16-11-7-5-10(6-8-11)15-13(19)9(2)3/h5-9H,4H2,1-3H3,(H,15,19)(H2,16,17,18,20). The van der Waals surface area contributed by atoms with Crippen molar-refractivity contribution in [2.75, 3.05) is 10.6 Å². The highest BCUT2D eigenvalue weighted by Gasteiger charge is 2.07. The van der Waals surface area contributed by atoms with E-state index >= 15 is 0 Å². The van der Waals surface area contributed by atoms with Crippen LogP contribution < -0.4 is 16.0 Å². The minimum absolute atomic E-state index is 0.0311. The first-order chi connectivity index (χ1) is 9.42. The average molecular weight is 293 g/mol. The van der Waals surface area contributed by atoms with Crippen LogP contribution in [0.1, 0.15) is 27.2 Å². The minimum atomic E-state index is -0.136. The van der Waals surface area contributed by atoms with Crippen molar-refractivity contribution >= 4 is 40.5 Å². The van der Waals surface area contributed by atoms with Crippen molar-refractivity contribution in [2.45, 2.75) is 27.2 Å². The van der Waals surface area contributed by atoms with Gasteiger partial charge in [-0.05, 0) is 36.5 Å². The fourth-order valence-corrected chi connectivity index (χ4v) is 1.53. The molecule has 0 saturated heterocycles. The topological polar surface area (TPSA) is 70.2 Å². The summed E-state index contributed by atoms with van der Waals surface area (Å²) in [7, 11) is 0. The molecule has 1 rings (SSSR count). The Bertz CT molecular complexity index is 498. The van der Waals surface area contributed by atoms with E-state index in [1.807, 2.05) is 13.8 Å². The molecule has 0 atom stereocenters. The second-order valence-electron chi connectivity index (χ2n) is 4.58. The van der Waals surface area contributed by atoms with E-state index in [0.29, 0.717) is 6.42 Å². The van der Waals surface area contributed by atoms with Crippen molar-refractivity contribution in [3.8, 4) is 0 Å². The van der Waals surface area contributed by atoms with E-state index in [4.69, 9.17) is 12.2 Å². The molecule has 2 amide bonds. The van der Waals surface area contributed by atoms with Gasteiger partial charge in [-0.1, -0.05) is 20.8 Å². The highest BCUT2D eigenvalue weighted by molar-refractivity contribution is 7.80. The van der Waals surface area contributed by atoms with E-state index in [9.17, 15) is 9.59 Å². The zero-order valence-electron chi connectivity index (χ0n) is 11.8. The molecular weight excluding hydrogens is 274 g/mol. The first kappa shape index (κ1) is 16.1. The second-order valence-corrected chi connectivity index (χ2v) is 4.99. The Labute approximate surface area is 124 Å². The SMILES string of the molecule is CCC(=O)NC(=S)Nc1ccc(NC(=O)C(C)C)cc1. The van der Waals surface area contributed by atoms with Crippen molar-refractivity contribution < 1.29 is 9.59 Å². The van der Waals surface area contributed by atoms with Gasteiger partial charge in [-0.3, -0.25) is 9.59 Å². The first-order valence-corrected chi connectivity index (χ1v) is 6.85. The molecule has 108 valence electrons. The van der Waals surface area contributed by atoms with Crippen molar-refractivity contribution in [1.29, 1.82) is 0 Å². The molecule has 1 aromatic rings. The van der Waals surface area contributed by atoms with Gasteiger partial charge in [0.15, 0.2) is 5.11 Å². The Morgan fingerprint density at radius 2 is 1.60 bits per heavy atom. The van der Waals surface area contributed by atoms with Gasteiger partial charge in [-0.15, -0.1) is 0 Å². The van der Waals surface area contributed by atoms with Crippen molar-refractivity contribution in [1.82, 2.24) is 5.32 Å². The molecule has 0 fully saturated rings. The zero-order valence-corrected chi connectivity index (χ0v) is 12.6. The molecule has 0 aromatic heterocycles. The number of carbonyl (C=O) groups excluding carboxylic acids is 2. The summed E-state index contributed by atoms with van der Waals surface area (Å²) in [6.45, 7) is 5.42. The van der Waals surface area contributed by atoms with Gasteiger partial charge in [0.25, 0.3) is 0 Å². The Morgan fingerprint density at radius 3 is 2.05 bits per heavy atom. The lowest BCUT2D eigenvalue weighted by molar-refractivity contribution is -0.119. The highest BCUT2D eigenvalue weighted by Crippen LogP contribution is 2.14. The maximum Gasteiger partial charge on any atom is 0.226 e. The van der Waals surface area contributed by atoms with Crippen LogP contribution in [0.3, 0.4) is 0 Å². The van der Waals surface area contributed by atoms with Gasteiger partial charge in [0.05, 0.1) is 0 Å². The number of benzene rings is 1. The minimum Gasteiger partial charge on any atom is -0.332 e. The molecule has 0 aliphatic carbocycles. The Balaban J connectivity index is 2.56.